The Morgan fingerprint density at radius 3 is 2.75 bits per heavy atom. The third-order valence-corrected chi connectivity index (χ3v) is 5.58. The summed E-state index contributed by atoms with van der Waals surface area (Å²) >= 11 is 0. The number of hydrogen-bond acceptors (Lipinski definition) is 5. The second-order valence-corrected chi connectivity index (χ2v) is 7.74. The summed E-state index contributed by atoms with van der Waals surface area (Å²) in [6.45, 7) is 1.20. The predicted molar refractivity (Wildman–Crippen MR) is 124 cm³/mol. The zero-order chi connectivity index (χ0) is 22.2. The maximum absolute atomic E-state index is 6.33. The molecule has 0 amide bonds. The first kappa shape index (κ1) is 21.7. The van der Waals surface area contributed by atoms with E-state index in [0.717, 1.165) is 41.3 Å². The van der Waals surface area contributed by atoms with Crippen LogP contribution in [0.2, 0.25) is 0 Å². The van der Waals surface area contributed by atoms with Crippen molar-refractivity contribution >= 4 is 5.96 Å². The summed E-state index contributed by atoms with van der Waals surface area (Å²) in [6.07, 6.45) is 12.1. The van der Waals surface area contributed by atoms with Crippen LogP contribution in [-0.2, 0) is 13.1 Å². The molecule has 2 N–H and O–H groups in total. The molecule has 1 aliphatic rings. The van der Waals surface area contributed by atoms with Crippen molar-refractivity contribution in [3.05, 3.63) is 66.4 Å². The number of para-hydroxylation sites is 1. The zero-order valence-corrected chi connectivity index (χ0v) is 18.6. The van der Waals surface area contributed by atoms with Crippen LogP contribution >= 0.6 is 0 Å². The van der Waals surface area contributed by atoms with Crippen LogP contribution in [0.1, 0.15) is 36.8 Å². The highest BCUT2D eigenvalue weighted by Gasteiger charge is 2.20. The summed E-state index contributed by atoms with van der Waals surface area (Å²) in [5.41, 5.74) is 2.14. The Hall–Kier alpha value is -3.55. The predicted octanol–water partition coefficient (Wildman–Crippen LogP) is 3.46. The number of nitrogens with zero attached hydrogens (tertiary/aromatic N) is 4. The molecule has 1 aromatic carbocycles. The molecule has 1 saturated carbocycles. The third-order valence-electron chi connectivity index (χ3n) is 5.58. The van der Waals surface area contributed by atoms with Gasteiger partial charge in [0.25, 0.3) is 0 Å². The van der Waals surface area contributed by atoms with Gasteiger partial charge in [-0.1, -0.05) is 12.1 Å². The first-order chi connectivity index (χ1) is 15.8. The van der Waals surface area contributed by atoms with Crippen LogP contribution in [-0.4, -0.2) is 40.8 Å². The molecule has 0 unspecified atom stereocenters. The van der Waals surface area contributed by atoms with E-state index < -0.39 is 0 Å². The lowest BCUT2D eigenvalue weighted by Gasteiger charge is -2.20. The lowest BCUT2D eigenvalue weighted by Crippen LogP contribution is -2.36. The first-order valence-corrected chi connectivity index (χ1v) is 11.0. The number of ether oxygens (including phenoxy) is 2. The maximum Gasteiger partial charge on any atom is 0.191 e. The Kier molecular flexibility index (Phi) is 7.22. The van der Waals surface area contributed by atoms with Crippen LogP contribution in [0.25, 0.3) is 5.82 Å². The van der Waals surface area contributed by atoms with E-state index in [-0.39, 0.29) is 6.10 Å². The molecule has 0 bridgehead atoms. The van der Waals surface area contributed by atoms with Gasteiger partial charge in [0, 0.05) is 44.3 Å². The number of benzene rings is 1. The third kappa shape index (κ3) is 5.38. The molecule has 0 atom stereocenters. The zero-order valence-electron chi connectivity index (χ0n) is 18.6. The number of pyridine rings is 1. The largest absolute Gasteiger partial charge is 0.493 e. The standard InChI is InChI=1S/C24H30N6O2/c1-25-24(28-15-18-10-11-27-22(14-18)30-13-12-26-17-30)29-16-19-6-5-9-21(31-2)23(19)32-20-7-3-4-8-20/h5-6,9-14,17,20H,3-4,7-8,15-16H2,1-2H3,(H2,25,28,29). The van der Waals surface area contributed by atoms with E-state index in [2.05, 4.69) is 31.7 Å². The Bertz CT molecular complexity index is 1030. The van der Waals surface area contributed by atoms with Crippen molar-refractivity contribution in [3.8, 4) is 17.3 Å². The van der Waals surface area contributed by atoms with Gasteiger partial charge in [-0.25, -0.2) is 9.97 Å². The van der Waals surface area contributed by atoms with Crippen molar-refractivity contribution in [2.45, 2.75) is 44.9 Å². The fraction of sp³-hybridized carbons (Fsp3) is 0.375. The molecule has 0 radical (unpaired) electrons. The Morgan fingerprint density at radius 2 is 2.00 bits per heavy atom. The van der Waals surface area contributed by atoms with Crippen molar-refractivity contribution in [2.24, 2.45) is 4.99 Å². The minimum absolute atomic E-state index is 0.263. The van der Waals surface area contributed by atoms with E-state index in [9.17, 15) is 0 Å². The van der Waals surface area contributed by atoms with Crippen molar-refractivity contribution in [1.29, 1.82) is 0 Å². The van der Waals surface area contributed by atoms with Gasteiger partial charge in [-0.2, -0.15) is 0 Å². The van der Waals surface area contributed by atoms with Crippen LogP contribution in [0.5, 0.6) is 11.5 Å². The highest BCUT2D eigenvalue weighted by molar-refractivity contribution is 5.79. The molecule has 2 heterocycles. The number of hydrogen-bond donors (Lipinski definition) is 2. The lowest BCUT2D eigenvalue weighted by molar-refractivity contribution is 0.198. The number of nitrogens with one attached hydrogen (secondary N) is 2. The van der Waals surface area contributed by atoms with Gasteiger partial charge in [0.1, 0.15) is 12.1 Å². The van der Waals surface area contributed by atoms with E-state index in [1.807, 2.05) is 35.0 Å². The first-order valence-electron chi connectivity index (χ1n) is 11.0. The molecule has 3 aromatic rings. The van der Waals surface area contributed by atoms with Gasteiger partial charge in [0.2, 0.25) is 0 Å². The van der Waals surface area contributed by atoms with E-state index in [0.29, 0.717) is 19.0 Å². The van der Waals surface area contributed by atoms with Gasteiger partial charge in [-0.05, 0) is 49.4 Å². The van der Waals surface area contributed by atoms with E-state index in [4.69, 9.17) is 9.47 Å². The second kappa shape index (κ2) is 10.7. The van der Waals surface area contributed by atoms with Crippen LogP contribution in [0.3, 0.4) is 0 Å². The minimum Gasteiger partial charge on any atom is -0.493 e. The highest BCUT2D eigenvalue weighted by Crippen LogP contribution is 2.34. The number of aliphatic imine (C=N–C) groups is 1. The quantitative estimate of drug-likeness (QED) is 0.417. The van der Waals surface area contributed by atoms with Crippen LogP contribution in [0, 0.1) is 0 Å². The van der Waals surface area contributed by atoms with Crippen molar-refractivity contribution in [2.75, 3.05) is 14.2 Å². The molecule has 1 aliphatic carbocycles. The summed E-state index contributed by atoms with van der Waals surface area (Å²) in [4.78, 5) is 12.8. The number of rotatable bonds is 8. The molecule has 4 rings (SSSR count). The molecule has 2 aromatic heterocycles. The van der Waals surface area contributed by atoms with E-state index >= 15 is 0 Å². The van der Waals surface area contributed by atoms with Gasteiger partial charge in [0.05, 0.1) is 13.2 Å². The molecule has 0 saturated heterocycles. The monoisotopic (exact) mass is 434 g/mol. The summed E-state index contributed by atoms with van der Waals surface area (Å²) in [6, 6.07) is 10.0. The Labute approximate surface area is 188 Å². The number of methoxy groups -OCH3 is 1. The van der Waals surface area contributed by atoms with Crippen LogP contribution in [0.4, 0.5) is 0 Å². The average molecular weight is 435 g/mol. The SMILES string of the molecule is CN=C(NCc1ccnc(-n2ccnc2)c1)NCc1cccc(OC)c1OC1CCCC1. The van der Waals surface area contributed by atoms with Gasteiger partial charge < -0.3 is 20.1 Å². The molecule has 168 valence electrons. The second-order valence-electron chi connectivity index (χ2n) is 7.74. The minimum atomic E-state index is 0.263. The Morgan fingerprint density at radius 1 is 1.16 bits per heavy atom. The van der Waals surface area contributed by atoms with Crippen molar-refractivity contribution < 1.29 is 9.47 Å². The topological polar surface area (TPSA) is 85.6 Å². The summed E-state index contributed by atoms with van der Waals surface area (Å²) in [7, 11) is 3.45. The van der Waals surface area contributed by atoms with Crippen LogP contribution in [0.15, 0.2) is 60.2 Å². The Balaban J connectivity index is 1.38. The fourth-order valence-electron chi connectivity index (χ4n) is 3.86. The summed E-state index contributed by atoms with van der Waals surface area (Å²) < 4.78 is 13.8. The molecule has 1 fully saturated rings. The van der Waals surface area contributed by atoms with Gasteiger partial charge in [-0.15, -0.1) is 0 Å². The molecular weight excluding hydrogens is 404 g/mol. The molecule has 0 spiro atoms. The highest BCUT2D eigenvalue weighted by atomic mass is 16.5. The van der Waals surface area contributed by atoms with E-state index in [1.165, 1.54) is 12.8 Å². The fourth-order valence-corrected chi connectivity index (χ4v) is 3.86. The number of imidazole rings is 1. The van der Waals surface area contributed by atoms with Crippen LogP contribution < -0.4 is 20.1 Å². The summed E-state index contributed by atoms with van der Waals surface area (Å²) in [5, 5.41) is 6.75. The molecular formula is C24H30N6O2. The lowest BCUT2D eigenvalue weighted by atomic mass is 10.1. The normalized spacial score (nSPS) is 14.4. The molecule has 8 nitrogen and oxygen atoms in total. The number of aromatic nitrogens is 3. The average Bonchev–Trinajstić information content (AvgIpc) is 3.55. The summed E-state index contributed by atoms with van der Waals surface area (Å²) in [5.74, 6) is 3.13. The molecule has 0 aliphatic heterocycles. The molecule has 8 heteroatoms. The van der Waals surface area contributed by atoms with E-state index in [1.54, 1.807) is 32.9 Å². The van der Waals surface area contributed by atoms with Gasteiger partial charge in [0.15, 0.2) is 17.5 Å². The smallest absolute Gasteiger partial charge is 0.191 e. The maximum atomic E-state index is 6.33. The van der Waals surface area contributed by atoms with Crippen molar-refractivity contribution in [1.82, 2.24) is 25.2 Å². The van der Waals surface area contributed by atoms with Gasteiger partial charge >= 0.3 is 0 Å². The molecule has 32 heavy (non-hydrogen) atoms. The number of guanidine groups is 1. The van der Waals surface area contributed by atoms with Gasteiger partial charge in [-0.3, -0.25) is 9.56 Å². The van der Waals surface area contributed by atoms with Crippen molar-refractivity contribution in [3.63, 3.8) is 0 Å².